The van der Waals surface area contributed by atoms with Crippen LogP contribution in [0.4, 0.5) is 0 Å². The smallest absolute Gasteiger partial charge is 0.244 e. The lowest BCUT2D eigenvalue weighted by molar-refractivity contribution is 0.345. The van der Waals surface area contributed by atoms with E-state index in [1.54, 1.807) is 0 Å². The molecule has 0 spiro atoms. The molecule has 0 fully saturated rings. The van der Waals surface area contributed by atoms with E-state index in [9.17, 15) is 0 Å². The summed E-state index contributed by atoms with van der Waals surface area (Å²) in [6.07, 6.45) is 1.88. The third-order valence-corrected chi connectivity index (χ3v) is 1.66. The fraction of sp³-hybridized carbons (Fsp3) is 0.667. The molecule has 5 heteroatoms. The Morgan fingerprint density at radius 1 is 1.73 bits per heavy atom. The summed E-state index contributed by atoms with van der Waals surface area (Å²) in [6.45, 7) is 2.06. The maximum atomic E-state index is 5.70. The number of aromatic nitrogens is 2. The zero-order valence-corrected chi connectivity index (χ0v) is 7.84. The molecule has 0 saturated carbocycles. The molecule has 1 aromatic rings. The van der Waals surface area contributed by atoms with Gasteiger partial charge in [0.15, 0.2) is 0 Å². The van der Waals surface area contributed by atoms with E-state index in [0.717, 1.165) is 12.8 Å². The molecule has 1 aromatic heterocycles. The van der Waals surface area contributed by atoms with Crippen molar-refractivity contribution in [2.24, 2.45) is 5.73 Å². The SMILES string of the molecule is CCCC(N)c1nc(Br)no1. The van der Waals surface area contributed by atoms with Crippen LogP contribution in [0.15, 0.2) is 9.26 Å². The van der Waals surface area contributed by atoms with Crippen molar-refractivity contribution in [2.45, 2.75) is 25.8 Å². The van der Waals surface area contributed by atoms with Crippen LogP contribution in [0, 0.1) is 0 Å². The first-order valence-corrected chi connectivity index (χ1v) is 4.28. The van der Waals surface area contributed by atoms with Crippen LogP contribution >= 0.6 is 15.9 Å². The number of hydrogen-bond donors (Lipinski definition) is 1. The Hall–Kier alpha value is -0.420. The standard InChI is InChI=1S/C6H10BrN3O/c1-2-3-4(8)5-9-6(7)10-11-5/h4H,2-3,8H2,1H3. The lowest BCUT2D eigenvalue weighted by Crippen LogP contribution is -2.09. The van der Waals surface area contributed by atoms with E-state index >= 15 is 0 Å². The predicted octanol–water partition coefficient (Wildman–Crippen LogP) is 1.63. The van der Waals surface area contributed by atoms with Crippen LogP contribution in [0.1, 0.15) is 31.7 Å². The highest BCUT2D eigenvalue weighted by Crippen LogP contribution is 2.14. The highest BCUT2D eigenvalue weighted by Gasteiger charge is 2.11. The van der Waals surface area contributed by atoms with Crippen LogP contribution in [-0.4, -0.2) is 10.1 Å². The minimum absolute atomic E-state index is 0.126. The average Bonchev–Trinajstić information content (AvgIpc) is 2.36. The van der Waals surface area contributed by atoms with E-state index in [0.29, 0.717) is 10.6 Å². The Labute approximate surface area is 73.3 Å². The average molecular weight is 220 g/mol. The molecule has 1 rings (SSSR count). The summed E-state index contributed by atoms with van der Waals surface area (Å²) in [6, 6.07) is -0.126. The zero-order valence-electron chi connectivity index (χ0n) is 6.25. The highest BCUT2D eigenvalue weighted by molar-refractivity contribution is 9.10. The topological polar surface area (TPSA) is 64.9 Å². The van der Waals surface area contributed by atoms with Gasteiger partial charge in [-0.05, 0) is 27.5 Å². The van der Waals surface area contributed by atoms with Gasteiger partial charge in [0.1, 0.15) is 0 Å². The van der Waals surface area contributed by atoms with Crippen LogP contribution in [-0.2, 0) is 0 Å². The van der Waals surface area contributed by atoms with Crippen LogP contribution in [0.2, 0.25) is 0 Å². The molecule has 11 heavy (non-hydrogen) atoms. The Bertz CT molecular complexity index is 225. The Kier molecular flexibility index (Phi) is 3.02. The second kappa shape index (κ2) is 3.82. The van der Waals surface area contributed by atoms with Crippen molar-refractivity contribution in [3.05, 3.63) is 10.6 Å². The first kappa shape index (κ1) is 8.67. The molecule has 0 amide bonds. The molecule has 0 saturated heterocycles. The molecule has 0 radical (unpaired) electrons. The normalized spacial score (nSPS) is 13.4. The summed E-state index contributed by atoms with van der Waals surface area (Å²) < 4.78 is 5.30. The molecule has 2 N–H and O–H groups in total. The van der Waals surface area contributed by atoms with Crippen LogP contribution in [0.5, 0.6) is 0 Å². The third kappa shape index (κ3) is 2.27. The van der Waals surface area contributed by atoms with Gasteiger partial charge in [0.05, 0.1) is 6.04 Å². The van der Waals surface area contributed by atoms with Gasteiger partial charge in [-0.25, -0.2) is 0 Å². The maximum absolute atomic E-state index is 5.70. The summed E-state index contributed by atoms with van der Waals surface area (Å²) in [5.74, 6) is 0.499. The van der Waals surface area contributed by atoms with E-state index in [1.807, 2.05) is 0 Å². The zero-order chi connectivity index (χ0) is 8.27. The minimum atomic E-state index is -0.126. The number of nitrogens with two attached hydrogens (primary N) is 1. The molecule has 0 aliphatic carbocycles. The highest BCUT2D eigenvalue weighted by atomic mass is 79.9. The van der Waals surface area contributed by atoms with Crippen molar-refractivity contribution in [3.8, 4) is 0 Å². The van der Waals surface area contributed by atoms with Gasteiger partial charge >= 0.3 is 0 Å². The molecular formula is C6H10BrN3O. The van der Waals surface area contributed by atoms with Crippen LogP contribution in [0.3, 0.4) is 0 Å². The summed E-state index contributed by atoms with van der Waals surface area (Å²) >= 11 is 3.08. The van der Waals surface area contributed by atoms with E-state index < -0.39 is 0 Å². The number of nitrogens with zero attached hydrogens (tertiary/aromatic N) is 2. The molecule has 0 bridgehead atoms. The van der Waals surface area contributed by atoms with Crippen molar-refractivity contribution >= 4 is 15.9 Å². The fourth-order valence-corrected chi connectivity index (χ4v) is 1.05. The Morgan fingerprint density at radius 2 is 2.45 bits per heavy atom. The lowest BCUT2D eigenvalue weighted by atomic mass is 10.2. The van der Waals surface area contributed by atoms with Crippen molar-refractivity contribution < 1.29 is 4.52 Å². The number of hydrogen-bond acceptors (Lipinski definition) is 4. The van der Waals surface area contributed by atoms with Gasteiger partial charge in [-0.15, -0.1) is 0 Å². The van der Waals surface area contributed by atoms with Crippen LogP contribution in [0.25, 0.3) is 0 Å². The summed E-state index contributed by atoms with van der Waals surface area (Å²) in [4.78, 5) is 3.94. The van der Waals surface area contributed by atoms with Gasteiger partial charge in [0.25, 0.3) is 0 Å². The quantitative estimate of drug-likeness (QED) is 0.840. The first-order chi connectivity index (χ1) is 5.24. The molecular weight excluding hydrogens is 210 g/mol. The van der Waals surface area contributed by atoms with E-state index in [4.69, 9.17) is 10.3 Å². The van der Waals surface area contributed by atoms with Gasteiger partial charge in [0, 0.05) is 0 Å². The maximum Gasteiger partial charge on any atom is 0.244 e. The molecule has 62 valence electrons. The van der Waals surface area contributed by atoms with E-state index in [1.165, 1.54) is 0 Å². The van der Waals surface area contributed by atoms with Gasteiger partial charge in [-0.1, -0.05) is 13.3 Å². The third-order valence-electron chi connectivity index (χ3n) is 1.33. The van der Waals surface area contributed by atoms with Crippen LogP contribution < -0.4 is 5.73 Å². The number of rotatable bonds is 3. The molecule has 1 atom stereocenters. The lowest BCUT2D eigenvalue weighted by Gasteiger charge is -2.01. The summed E-state index contributed by atoms with van der Waals surface area (Å²) in [7, 11) is 0. The molecule has 1 unspecified atom stereocenters. The van der Waals surface area contributed by atoms with Gasteiger partial charge < -0.3 is 10.3 Å². The summed E-state index contributed by atoms with van der Waals surface area (Å²) in [5, 5.41) is 3.57. The molecule has 0 aliphatic heterocycles. The van der Waals surface area contributed by atoms with E-state index in [2.05, 4.69) is 33.0 Å². The first-order valence-electron chi connectivity index (χ1n) is 3.48. The van der Waals surface area contributed by atoms with Gasteiger partial charge in [0.2, 0.25) is 10.6 Å². The molecule has 0 aliphatic rings. The van der Waals surface area contributed by atoms with Crippen molar-refractivity contribution in [2.75, 3.05) is 0 Å². The van der Waals surface area contributed by atoms with Crippen molar-refractivity contribution in [3.63, 3.8) is 0 Å². The molecule has 4 nitrogen and oxygen atoms in total. The molecule has 1 heterocycles. The second-order valence-corrected chi connectivity index (χ2v) is 3.01. The largest absolute Gasteiger partial charge is 0.337 e. The summed E-state index contributed by atoms with van der Waals surface area (Å²) in [5.41, 5.74) is 5.70. The molecule has 0 aromatic carbocycles. The van der Waals surface area contributed by atoms with E-state index in [-0.39, 0.29) is 6.04 Å². The van der Waals surface area contributed by atoms with Gasteiger partial charge in [-0.3, -0.25) is 0 Å². The van der Waals surface area contributed by atoms with Crippen molar-refractivity contribution in [1.82, 2.24) is 10.1 Å². The minimum Gasteiger partial charge on any atom is -0.337 e. The predicted molar refractivity (Wildman–Crippen MR) is 43.8 cm³/mol. The fourth-order valence-electron chi connectivity index (χ4n) is 0.801. The Morgan fingerprint density at radius 3 is 2.91 bits per heavy atom. The Balaban J connectivity index is 2.60. The van der Waals surface area contributed by atoms with Crippen molar-refractivity contribution in [1.29, 1.82) is 0 Å². The second-order valence-electron chi connectivity index (χ2n) is 2.30. The monoisotopic (exact) mass is 219 g/mol. The number of halogens is 1. The van der Waals surface area contributed by atoms with Gasteiger partial charge in [-0.2, -0.15) is 4.98 Å².